The first-order chi connectivity index (χ1) is 15.1. The predicted octanol–water partition coefficient (Wildman–Crippen LogP) is 6.76. The normalized spacial score (nSPS) is 10.8. The molecule has 0 unspecified atom stereocenters. The van der Waals surface area contributed by atoms with Crippen molar-refractivity contribution in [3.8, 4) is 23.0 Å². The summed E-state index contributed by atoms with van der Waals surface area (Å²) in [6, 6.07) is 7.98. The van der Waals surface area contributed by atoms with Gasteiger partial charge in [0.15, 0.2) is 23.0 Å². The molecule has 0 spiro atoms. The highest BCUT2D eigenvalue weighted by atomic mass is 79.9. The van der Waals surface area contributed by atoms with Crippen LogP contribution in [0.4, 0.5) is 0 Å². The molecule has 5 nitrogen and oxygen atoms in total. The van der Waals surface area contributed by atoms with Crippen molar-refractivity contribution in [1.82, 2.24) is 0 Å². The lowest BCUT2D eigenvalue weighted by atomic mass is 10.1. The van der Waals surface area contributed by atoms with Crippen LogP contribution < -0.4 is 18.9 Å². The van der Waals surface area contributed by atoms with Crippen molar-refractivity contribution in [3.05, 3.63) is 46.5 Å². The fraction of sp³-hybridized carbons (Fsp3) is 0.455. The van der Waals surface area contributed by atoms with E-state index in [0.29, 0.717) is 49.4 Å². The van der Waals surface area contributed by atoms with Crippen LogP contribution in [-0.2, 0) is 26.1 Å². The largest absolute Gasteiger partial charge is 0.493 e. The molecule has 172 valence electrons. The summed E-state index contributed by atoms with van der Waals surface area (Å²) in [6.07, 6.45) is 0. The summed E-state index contributed by atoms with van der Waals surface area (Å²) in [5, 5.41) is 3.01. The highest BCUT2D eigenvalue weighted by molar-refractivity contribution is 9.09. The first kappa shape index (κ1) is 26.8. The molecule has 9 heteroatoms. The molecule has 0 fully saturated rings. The Kier molecular flexibility index (Phi) is 12.6. The summed E-state index contributed by atoms with van der Waals surface area (Å²) in [5.74, 6) is 2.84. The van der Waals surface area contributed by atoms with Crippen LogP contribution >= 0.6 is 63.7 Å². The monoisotopic (exact) mass is 686 g/mol. The van der Waals surface area contributed by atoms with Crippen LogP contribution in [0.15, 0.2) is 24.3 Å². The van der Waals surface area contributed by atoms with Crippen LogP contribution in [0, 0.1) is 0 Å². The van der Waals surface area contributed by atoms with Crippen molar-refractivity contribution in [3.63, 3.8) is 0 Å². The molecule has 0 heterocycles. The molecule has 0 bridgehead atoms. The summed E-state index contributed by atoms with van der Waals surface area (Å²) >= 11 is 14.0. The maximum Gasteiger partial charge on any atom is 0.161 e. The number of halogens is 4. The van der Waals surface area contributed by atoms with Crippen LogP contribution in [0.1, 0.15) is 22.3 Å². The van der Waals surface area contributed by atoms with Crippen LogP contribution in [-0.4, -0.2) is 40.6 Å². The maximum atomic E-state index is 5.87. The van der Waals surface area contributed by atoms with Crippen molar-refractivity contribution in [2.75, 3.05) is 40.6 Å². The second-order valence-corrected chi connectivity index (χ2v) is 8.63. The van der Waals surface area contributed by atoms with Gasteiger partial charge in [0.2, 0.25) is 0 Å². The Balaban J connectivity index is 1.81. The molecule has 31 heavy (non-hydrogen) atoms. The smallest absolute Gasteiger partial charge is 0.161 e. The van der Waals surface area contributed by atoms with Gasteiger partial charge in [0.1, 0.15) is 13.2 Å². The van der Waals surface area contributed by atoms with Crippen molar-refractivity contribution in [1.29, 1.82) is 0 Å². The van der Waals surface area contributed by atoms with Crippen molar-refractivity contribution < 1.29 is 23.7 Å². The van der Waals surface area contributed by atoms with Gasteiger partial charge in [-0.15, -0.1) is 0 Å². The summed E-state index contributed by atoms with van der Waals surface area (Å²) in [4.78, 5) is 0. The molecule has 0 aliphatic rings. The van der Waals surface area contributed by atoms with E-state index in [9.17, 15) is 0 Å². The molecule has 0 amide bonds. The zero-order valence-corrected chi connectivity index (χ0v) is 23.9. The van der Waals surface area contributed by atoms with E-state index < -0.39 is 0 Å². The number of methoxy groups -OCH3 is 2. The average molecular weight is 690 g/mol. The van der Waals surface area contributed by atoms with Crippen molar-refractivity contribution >= 4 is 63.7 Å². The Morgan fingerprint density at radius 2 is 0.839 bits per heavy atom. The Morgan fingerprint density at radius 1 is 0.516 bits per heavy atom. The molecule has 0 aliphatic carbocycles. The molecule has 2 aromatic rings. The number of hydrogen-bond acceptors (Lipinski definition) is 5. The summed E-state index contributed by atoms with van der Waals surface area (Å²) in [6.45, 7) is 1.73. The third-order valence-corrected chi connectivity index (χ3v) is 6.93. The predicted molar refractivity (Wildman–Crippen MR) is 138 cm³/mol. The third-order valence-electron chi connectivity index (χ3n) is 4.52. The first-order valence-electron chi connectivity index (χ1n) is 9.58. The Bertz CT molecular complexity index is 765. The standard InChI is InChI=1S/C22H26Br4O5/c1-27-19-7-15(11-23)17(13-25)9-21(19)30-5-3-29-4-6-31-22-10-18(14-26)16(12-24)8-20(22)28-2/h7-10H,3-6,11-14H2,1-2H3. The minimum absolute atomic E-state index is 0.419. The van der Waals surface area contributed by atoms with E-state index in [1.807, 2.05) is 24.3 Å². The molecule has 0 saturated heterocycles. The average Bonchev–Trinajstić information content (AvgIpc) is 2.82. The lowest BCUT2D eigenvalue weighted by molar-refractivity contribution is 0.0750. The van der Waals surface area contributed by atoms with Gasteiger partial charge in [0, 0.05) is 21.3 Å². The fourth-order valence-electron chi connectivity index (χ4n) is 2.85. The van der Waals surface area contributed by atoms with Gasteiger partial charge in [-0.05, 0) is 46.5 Å². The van der Waals surface area contributed by atoms with Crippen molar-refractivity contribution in [2.24, 2.45) is 0 Å². The third kappa shape index (κ3) is 7.81. The van der Waals surface area contributed by atoms with Gasteiger partial charge in [-0.2, -0.15) is 0 Å². The van der Waals surface area contributed by atoms with Gasteiger partial charge in [0.25, 0.3) is 0 Å². The summed E-state index contributed by atoms with van der Waals surface area (Å²) < 4.78 is 28.3. The Labute approximate surface area is 217 Å². The van der Waals surface area contributed by atoms with Gasteiger partial charge in [-0.1, -0.05) is 63.7 Å². The molecular formula is C22H26Br4O5. The van der Waals surface area contributed by atoms with Crippen molar-refractivity contribution in [2.45, 2.75) is 21.3 Å². The molecule has 2 rings (SSSR count). The molecule has 2 aromatic carbocycles. The topological polar surface area (TPSA) is 46.2 Å². The molecule has 0 N–H and O–H groups in total. The lowest BCUT2D eigenvalue weighted by Gasteiger charge is -2.15. The summed E-state index contributed by atoms with van der Waals surface area (Å²) in [5.41, 5.74) is 4.64. The Hall–Kier alpha value is -0.480. The van der Waals surface area contributed by atoms with E-state index in [-0.39, 0.29) is 0 Å². The lowest BCUT2D eigenvalue weighted by Crippen LogP contribution is -2.13. The summed E-state index contributed by atoms with van der Waals surface area (Å²) in [7, 11) is 3.28. The van der Waals surface area contributed by atoms with E-state index in [2.05, 4.69) is 63.7 Å². The second-order valence-electron chi connectivity index (χ2n) is 6.39. The molecule has 0 aromatic heterocycles. The van der Waals surface area contributed by atoms with E-state index in [1.54, 1.807) is 14.2 Å². The molecule has 0 aliphatic heterocycles. The van der Waals surface area contributed by atoms with Gasteiger partial charge >= 0.3 is 0 Å². The van der Waals surface area contributed by atoms with Crippen LogP contribution in [0.5, 0.6) is 23.0 Å². The maximum absolute atomic E-state index is 5.87. The van der Waals surface area contributed by atoms with Crippen LogP contribution in [0.25, 0.3) is 0 Å². The van der Waals surface area contributed by atoms with E-state index in [0.717, 1.165) is 43.6 Å². The van der Waals surface area contributed by atoms with E-state index >= 15 is 0 Å². The van der Waals surface area contributed by atoms with Gasteiger partial charge in [-0.3, -0.25) is 0 Å². The van der Waals surface area contributed by atoms with Gasteiger partial charge < -0.3 is 23.7 Å². The molecule has 0 radical (unpaired) electrons. The second kappa shape index (κ2) is 14.6. The molecule has 0 saturated carbocycles. The van der Waals surface area contributed by atoms with Crippen LogP contribution in [0.3, 0.4) is 0 Å². The number of rotatable bonds is 14. The highest BCUT2D eigenvalue weighted by Gasteiger charge is 2.12. The fourth-order valence-corrected chi connectivity index (χ4v) is 4.94. The van der Waals surface area contributed by atoms with Crippen LogP contribution in [0.2, 0.25) is 0 Å². The zero-order valence-electron chi connectivity index (χ0n) is 17.5. The minimum Gasteiger partial charge on any atom is -0.493 e. The number of ether oxygens (including phenoxy) is 5. The van der Waals surface area contributed by atoms with Gasteiger partial charge in [-0.25, -0.2) is 0 Å². The minimum atomic E-state index is 0.419. The molecular weight excluding hydrogens is 664 g/mol. The molecule has 0 atom stereocenters. The van der Waals surface area contributed by atoms with E-state index in [1.165, 1.54) is 0 Å². The number of alkyl halides is 4. The SMILES string of the molecule is COc1cc(CBr)c(CBr)cc1OCCOCCOc1cc(CBr)c(CBr)cc1OC. The zero-order chi connectivity index (χ0) is 22.6. The number of hydrogen-bond donors (Lipinski definition) is 0. The highest BCUT2D eigenvalue weighted by Crippen LogP contribution is 2.34. The van der Waals surface area contributed by atoms with E-state index in [4.69, 9.17) is 23.7 Å². The quantitative estimate of drug-likeness (QED) is 0.162. The first-order valence-corrected chi connectivity index (χ1v) is 14.1. The Morgan fingerprint density at radius 3 is 1.13 bits per heavy atom. The van der Waals surface area contributed by atoms with Gasteiger partial charge in [0.05, 0.1) is 27.4 Å². The number of benzene rings is 2.